The number of benzene rings is 1. The molecule has 2 saturated carbocycles. The van der Waals surface area contributed by atoms with Gasteiger partial charge in [0.2, 0.25) is 5.91 Å². The number of halogens is 1. The number of hydrogen-bond acceptors (Lipinski definition) is 4. The van der Waals surface area contributed by atoms with Gasteiger partial charge in [0.25, 0.3) is 11.5 Å². The van der Waals surface area contributed by atoms with Crippen LogP contribution in [-0.2, 0) is 11.3 Å². The van der Waals surface area contributed by atoms with Crippen molar-refractivity contribution in [3.8, 4) is 11.1 Å². The fourth-order valence-corrected chi connectivity index (χ4v) is 8.35. The molecule has 1 spiro atoms. The summed E-state index contributed by atoms with van der Waals surface area (Å²) in [7, 11) is 1.76. The maximum Gasteiger partial charge on any atom is 0.255 e. The Labute approximate surface area is 241 Å². The van der Waals surface area contributed by atoms with Gasteiger partial charge in [0.05, 0.1) is 17.7 Å². The van der Waals surface area contributed by atoms with Crippen molar-refractivity contribution < 1.29 is 19.1 Å². The van der Waals surface area contributed by atoms with Crippen molar-refractivity contribution in [3.63, 3.8) is 0 Å². The van der Waals surface area contributed by atoms with Gasteiger partial charge in [-0.15, -0.1) is 0 Å². The number of rotatable bonds is 4. The second-order valence-electron chi connectivity index (χ2n) is 13.3. The standard InChI is InChI=1S/C33H42FN3O4/c1-22(16-23-8-4-3-5-9-23)30(39)36-15-14-33(41)21-37-19-27(26(17-29(37)38)25-10-6-7-11-28(25)34)31(40)35(2)24-12-13-32(33,18-24)20-36/h6-7,10-11,17,19,22-24,41H,3-5,8-9,12-16,18,20-21H2,1-2H3/t22-,24?,32?,33-/m1/s1. The van der Waals surface area contributed by atoms with E-state index in [2.05, 4.69) is 0 Å². The van der Waals surface area contributed by atoms with Crippen LogP contribution >= 0.6 is 0 Å². The van der Waals surface area contributed by atoms with E-state index in [-0.39, 0.29) is 52.6 Å². The summed E-state index contributed by atoms with van der Waals surface area (Å²) in [4.78, 5) is 44.6. The summed E-state index contributed by atoms with van der Waals surface area (Å²) in [6, 6.07) is 7.35. The predicted octanol–water partition coefficient (Wildman–Crippen LogP) is 4.85. The van der Waals surface area contributed by atoms with Crippen molar-refractivity contribution in [3.05, 3.63) is 58.3 Å². The van der Waals surface area contributed by atoms with E-state index in [1.54, 1.807) is 30.1 Å². The maximum atomic E-state index is 14.8. The molecule has 1 saturated heterocycles. The molecule has 8 heteroatoms. The van der Waals surface area contributed by atoms with Crippen LogP contribution < -0.4 is 5.56 Å². The number of likely N-dealkylation sites (tertiary alicyclic amines) is 1. The quantitative estimate of drug-likeness (QED) is 0.577. The minimum atomic E-state index is -1.22. The number of fused-ring (bicyclic) bond motifs is 3. The number of nitrogens with zero attached hydrogens (tertiary/aromatic N) is 3. The fraction of sp³-hybridized carbons (Fsp3) is 0.606. The van der Waals surface area contributed by atoms with Crippen LogP contribution in [0.15, 0.2) is 41.3 Å². The molecule has 4 bridgehead atoms. The molecule has 1 N–H and O–H groups in total. The van der Waals surface area contributed by atoms with Crippen LogP contribution in [0, 0.1) is 23.1 Å². The van der Waals surface area contributed by atoms with Crippen molar-refractivity contribution in [2.75, 3.05) is 20.1 Å². The Morgan fingerprint density at radius 3 is 2.56 bits per heavy atom. The van der Waals surface area contributed by atoms with Gasteiger partial charge in [-0.2, -0.15) is 0 Å². The summed E-state index contributed by atoms with van der Waals surface area (Å²) in [6.45, 7) is 2.97. The van der Waals surface area contributed by atoms with E-state index in [1.807, 2.05) is 11.8 Å². The Morgan fingerprint density at radius 1 is 1.05 bits per heavy atom. The molecule has 2 aliphatic carbocycles. The Bertz CT molecular complexity index is 1400. The molecule has 220 valence electrons. The molecule has 1 aromatic carbocycles. The van der Waals surface area contributed by atoms with Crippen LogP contribution in [0.25, 0.3) is 11.1 Å². The second-order valence-corrected chi connectivity index (χ2v) is 13.3. The summed E-state index contributed by atoms with van der Waals surface area (Å²) in [6.07, 6.45) is 10.9. The number of carbonyl (C=O) groups is 2. The number of carbonyl (C=O) groups excluding carboxylic acids is 2. The van der Waals surface area contributed by atoms with E-state index >= 15 is 0 Å². The van der Waals surface area contributed by atoms with Gasteiger partial charge in [-0.3, -0.25) is 14.4 Å². The summed E-state index contributed by atoms with van der Waals surface area (Å²) in [5, 5.41) is 12.4. The topological polar surface area (TPSA) is 82.9 Å². The summed E-state index contributed by atoms with van der Waals surface area (Å²) >= 11 is 0. The lowest BCUT2D eigenvalue weighted by molar-refractivity contribution is -0.164. The average Bonchev–Trinajstić information content (AvgIpc) is 3.40. The minimum Gasteiger partial charge on any atom is -0.387 e. The van der Waals surface area contributed by atoms with Crippen molar-refractivity contribution in [1.82, 2.24) is 14.4 Å². The third kappa shape index (κ3) is 4.92. The first kappa shape index (κ1) is 28.1. The van der Waals surface area contributed by atoms with Gasteiger partial charge in [0, 0.05) is 60.9 Å². The molecule has 2 aromatic rings. The molecule has 41 heavy (non-hydrogen) atoms. The summed E-state index contributed by atoms with van der Waals surface area (Å²) < 4.78 is 16.2. The number of amides is 2. The van der Waals surface area contributed by atoms with E-state index in [0.717, 1.165) is 6.42 Å². The van der Waals surface area contributed by atoms with Gasteiger partial charge in [-0.05, 0) is 44.1 Å². The highest BCUT2D eigenvalue weighted by Gasteiger charge is 2.59. The summed E-state index contributed by atoms with van der Waals surface area (Å²) in [5.74, 6) is -0.0559. The zero-order chi connectivity index (χ0) is 28.9. The van der Waals surface area contributed by atoms with Gasteiger partial charge in [-0.25, -0.2) is 4.39 Å². The van der Waals surface area contributed by atoms with Crippen LogP contribution in [0.4, 0.5) is 4.39 Å². The molecule has 7 nitrogen and oxygen atoms in total. The first-order chi connectivity index (χ1) is 19.6. The third-order valence-corrected chi connectivity index (χ3v) is 10.8. The fourth-order valence-electron chi connectivity index (χ4n) is 8.35. The summed E-state index contributed by atoms with van der Waals surface area (Å²) in [5.41, 5.74) is -1.49. The van der Waals surface area contributed by atoms with Gasteiger partial charge < -0.3 is 19.5 Å². The molecule has 1 aromatic heterocycles. The molecule has 4 atom stereocenters. The SMILES string of the molecule is C[C@H](CC1CCCCC1)C(=O)N1CC[C@@]2(O)Cn3cc(c(-c4ccccc4F)cc3=O)C(=O)N(C)C3CCC2(C3)C1. The zero-order valence-electron chi connectivity index (χ0n) is 24.3. The van der Waals surface area contributed by atoms with Crippen LogP contribution in [0.1, 0.15) is 81.5 Å². The van der Waals surface area contributed by atoms with E-state index in [4.69, 9.17) is 0 Å². The molecule has 3 fully saturated rings. The van der Waals surface area contributed by atoms with Crippen molar-refractivity contribution >= 4 is 11.8 Å². The Kier molecular flexibility index (Phi) is 7.33. The highest BCUT2D eigenvalue weighted by atomic mass is 19.1. The van der Waals surface area contributed by atoms with Crippen molar-refractivity contribution in [2.45, 2.75) is 89.3 Å². The lowest BCUT2D eigenvalue weighted by atomic mass is 9.65. The lowest BCUT2D eigenvalue weighted by Gasteiger charge is -2.53. The Hall–Kier alpha value is -3.00. The van der Waals surface area contributed by atoms with Gasteiger partial charge in [0.15, 0.2) is 0 Å². The monoisotopic (exact) mass is 563 g/mol. The number of piperidine rings is 1. The molecule has 6 rings (SSSR count). The highest BCUT2D eigenvalue weighted by molar-refractivity contribution is 6.00. The molecule has 0 radical (unpaired) electrons. The van der Waals surface area contributed by atoms with Gasteiger partial charge in [0.1, 0.15) is 5.82 Å². The van der Waals surface area contributed by atoms with Crippen LogP contribution in [0.5, 0.6) is 0 Å². The minimum absolute atomic E-state index is 0.0414. The Morgan fingerprint density at radius 2 is 1.80 bits per heavy atom. The van der Waals surface area contributed by atoms with Crippen molar-refractivity contribution in [1.29, 1.82) is 0 Å². The van der Waals surface area contributed by atoms with Crippen LogP contribution in [-0.4, -0.2) is 63.1 Å². The average molecular weight is 564 g/mol. The van der Waals surface area contributed by atoms with E-state index in [9.17, 15) is 23.9 Å². The predicted molar refractivity (Wildman–Crippen MR) is 155 cm³/mol. The van der Waals surface area contributed by atoms with E-state index in [1.165, 1.54) is 55.0 Å². The zero-order valence-corrected chi connectivity index (χ0v) is 24.3. The maximum absolute atomic E-state index is 14.8. The van der Waals surface area contributed by atoms with Crippen molar-refractivity contribution in [2.24, 2.45) is 17.3 Å². The molecule has 4 aliphatic rings. The van der Waals surface area contributed by atoms with Gasteiger partial charge in [-0.1, -0.05) is 57.2 Å². The van der Waals surface area contributed by atoms with Crippen LogP contribution in [0.2, 0.25) is 0 Å². The normalized spacial score (nSPS) is 29.3. The Balaban J connectivity index is 1.33. The smallest absolute Gasteiger partial charge is 0.255 e. The first-order valence-corrected chi connectivity index (χ1v) is 15.4. The number of aromatic nitrogens is 1. The molecule has 2 aliphatic heterocycles. The third-order valence-electron chi connectivity index (χ3n) is 10.8. The van der Waals surface area contributed by atoms with Gasteiger partial charge >= 0.3 is 0 Å². The lowest BCUT2D eigenvalue weighted by Crippen LogP contribution is -2.63. The number of aliphatic hydroxyl groups is 1. The van der Waals surface area contributed by atoms with Crippen LogP contribution in [0.3, 0.4) is 0 Å². The number of hydrogen-bond donors (Lipinski definition) is 1. The first-order valence-electron chi connectivity index (χ1n) is 15.4. The highest BCUT2D eigenvalue weighted by Crippen LogP contribution is 2.53. The molecule has 2 unspecified atom stereocenters. The van der Waals surface area contributed by atoms with E-state index < -0.39 is 16.8 Å². The molecular formula is C33H42FN3O4. The molecule has 2 amide bonds. The molecular weight excluding hydrogens is 521 g/mol. The number of pyridine rings is 1. The van der Waals surface area contributed by atoms with E-state index in [0.29, 0.717) is 44.7 Å². The largest absolute Gasteiger partial charge is 0.387 e. The molecule has 3 heterocycles. The second kappa shape index (κ2) is 10.7.